The second-order valence-corrected chi connectivity index (χ2v) is 7.33. The summed E-state index contributed by atoms with van der Waals surface area (Å²) in [6.07, 6.45) is 2.87. The highest BCUT2D eigenvalue weighted by molar-refractivity contribution is 7.98. The highest BCUT2D eigenvalue weighted by Gasteiger charge is 2.14. The van der Waals surface area contributed by atoms with Gasteiger partial charge in [-0.2, -0.15) is 0 Å². The fourth-order valence-electron chi connectivity index (χ4n) is 2.40. The number of allylic oxidation sites excluding steroid dienone is 1. The number of thioether (sulfide) groups is 1. The SMILES string of the molecule is C=CCn1c(SCc2csc(CC)n2)nnc1-c1cccc(C)c1. The third-order valence-electron chi connectivity index (χ3n) is 3.56. The Hall–Kier alpha value is -1.92. The van der Waals surface area contributed by atoms with E-state index < -0.39 is 0 Å². The van der Waals surface area contributed by atoms with E-state index in [9.17, 15) is 0 Å². The van der Waals surface area contributed by atoms with Gasteiger partial charge in [-0.15, -0.1) is 28.1 Å². The molecule has 0 amide bonds. The Morgan fingerprint density at radius 1 is 1.33 bits per heavy atom. The molecule has 2 heterocycles. The van der Waals surface area contributed by atoms with Crippen LogP contribution >= 0.6 is 23.1 Å². The van der Waals surface area contributed by atoms with Gasteiger partial charge in [0.1, 0.15) is 0 Å². The van der Waals surface area contributed by atoms with Crippen molar-refractivity contribution >= 4 is 23.1 Å². The van der Waals surface area contributed by atoms with Crippen LogP contribution in [0.4, 0.5) is 0 Å². The van der Waals surface area contributed by atoms with E-state index in [1.807, 2.05) is 12.1 Å². The molecule has 24 heavy (non-hydrogen) atoms. The minimum Gasteiger partial charge on any atom is -0.298 e. The summed E-state index contributed by atoms with van der Waals surface area (Å²) < 4.78 is 2.11. The average Bonchev–Trinajstić information content (AvgIpc) is 3.20. The standard InChI is InChI=1S/C18H20N4S2/c1-4-9-22-17(14-8-6-7-13(3)10-14)20-21-18(22)24-12-15-11-23-16(5-2)19-15/h4,6-8,10-11H,1,5,9,12H2,2-3H3. The van der Waals surface area contributed by atoms with Crippen LogP contribution < -0.4 is 0 Å². The molecule has 0 saturated carbocycles. The van der Waals surface area contributed by atoms with Crippen LogP contribution in [0.5, 0.6) is 0 Å². The van der Waals surface area contributed by atoms with Crippen LogP contribution in [0.2, 0.25) is 0 Å². The molecule has 0 aliphatic heterocycles. The van der Waals surface area contributed by atoms with Crippen molar-refractivity contribution in [3.05, 3.63) is 58.6 Å². The van der Waals surface area contributed by atoms with E-state index in [2.05, 4.69) is 63.8 Å². The fraction of sp³-hybridized carbons (Fsp3) is 0.278. The first-order valence-electron chi connectivity index (χ1n) is 7.88. The van der Waals surface area contributed by atoms with Gasteiger partial charge in [0.05, 0.1) is 10.7 Å². The molecule has 0 saturated heterocycles. The number of benzene rings is 1. The van der Waals surface area contributed by atoms with E-state index in [0.29, 0.717) is 6.54 Å². The predicted octanol–water partition coefficient (Wildman–Crippen LogP) is 4.75. The minimum atomic E-state index is 0.690. The van der Waals surface area contributed by atoms with Crippen molar-refractivity contribution in [1.82, 2.24) is 19.7 Å². The Morgan fingerprint density at radius 2 is 2.21 bits per heavy atom. The van der Waals surface area contributed by atoms with E-state index in [1.165, 1.54) is 10.6 Å². The quantitative estimate of drug-likeness (QED) is 0.452. The highest BCUT2D eigenvalue weighted by atomic mass is 32.2. The molecule has 0 radical (unpaired) electrons. The van der Waals surface area contributed by atoms with Crippen LogP contribution in [0.25, 0.3) is 11.4 Å². The molecule has 124 valence electrons. The molecule has 0 atom stereocenters. The maximum absolute atomic E-state index is 4.62. The predicted molar refractivity (Wildman–Crippen MR) is 101 cm³/mol. The molecular weight excluding hydrogens is 336 g/mol. The molecule has 0 aliphatic rings. The number of hydrogen-bond donors (Lipinski definition) is 0. The topological polar surface area (TPSA) is 43.6 Å². The van der Waals surface area contributed by atoms with E-state index in [0.717, 1.165) is 34.4 Å². The van der Waals surface area contributed by atoms with E-state index >= 15 is 0 Å². The van der Waals surface area contributed by atoms with Gasteiger partial charge in [-0.05, 0) is 19.4 Å². The van der Waals surface area contributed by atoms with Crippen LogP contribution in [0, 0.1) is 6.92 Å². The maximum atomic E-state index is 4.62. The number of thiazole rings is 1. The molecule has 3 rings (SSSR count). The van der Waals surface area contributed by atoms with Crippen LogP contribution in [-0.4, -0.2) is 19.7 Å². The largest absolute Gasteiger partial charge is 0.298 e. The summed E-state index contributed by atoms with van der Waals surface area (Å²) in [7, 11) is 0. The summed E-state index contributed by atoms with van der Waals surface area (Å²) in [6, 6.07) is 8.33. The van der Waals surface area contributed by atoms with Gasteiger partial charge < -0.3 is 0 Å². The molecular formula is C18H20N4S2. The number of hydrogen-bond acceptors (Lipinski definition) is 5. The van der Waals surface area contributed by atoms with Gasteiger partial charge >= 0.3 is 0 Å². The number of aromatic nitrogens is 4. The molecule has 0 aliphatic carbocycles. The molecule has 6 heteroatoms. The number of aryl methyl sites for hydroxylation is 2. The lowest BCUT2D eigenvalue weighted by Crippen LogP contribution is -2.01. The zero-order chi connectivity index (χ0) is 16.9. The van der Waals surface area contributed by atoms with Crippen LogP contribution in [-0.2, 0) is 18.7 Å². The highest BCUT2D eigenvalue weighted by Crippen LogP contribution is 2.27. The zero-order valence-electron chi connectivity index (χ0n) is 13.9. The van der Waals surface area contributed by atoms with Crippen LogP contribution in [0.1, 0.15) is 23.2 Å². The lowest BCUT2D eigenvalue weighted by Gasteiger charge is -2.07. The van der Waals surface area contributed by atoms with Crippen molar-refractivity contribution in [2.75, 3.05) is 0 Å². The van der Waals surface area contributed by atoms with E-state index in [1.54, 1.807) is 23.1 Å². The Balaban J connectivity index is 1.84. The smallest absolute Gasteiger partial charge is 0.192 e. The van der Waals surface area contributed by atoms with Gasteiger partial charge in [-0.1, -0.05) is 48.5 Å². The van der Waals surface area contributed by atoms with Gasteiger partial charge in [0.2, 0.25) is 0 Å². The molecule has 4 nitrogen and oxygen atoms in total. The van der Waals surface area contributed by atoms with Gasteiger partial charge in [-0.25, -0.2) is 4.98 Å². The molecule has 1 aromatic carbocycles. The Morgan fingerprint density at radius 3 is 2.92 bits per heavy atom. The zero-order valence-corrected chi connectivity index (χ0v) is 15.5. The number of nitrogens with zero attached hydrogens (tertiary/aromatic N) is 4. The van der Waals surface area contributed by atoms with Crippen molar-refractivity contribution in [2.24, 2.45) is 0 Å². The second-order valence-electron chi connectivity index (χ2n) is 5.45. The lowest BCUT2D eigenvalue weighted by molar-refractivity contribution is 0.731. The lowest BCUT2D eigenvalue weighted by atomic mass is 10.1. The Kier molecular flexibility index (Phi) is 5.48. The Labute approximate surface area is 150 Å². The number of rotatable bonds is 7. The fourth-order valence-corrected chi connectivity index (χ4v) is 4.09. The molecule has 0 fully saturated rings. The van der Waals surface area contributed by atoms with Crippen molar-refractivity contribution in [3.63, 3.8) is 0 Å². The van der Waals surface area contributed by atoms with Crippen molar-refractivity contribution < 1.29 is 0 Å². The first-order valence-corrected chi connectivity index (χ1v) is 9.75. The molecule has 0 spiro atoms. The summed E-state index contributed by atoms with van der Waals surface area (Å²) in [6.45, 7) is 8.77. The average molecular weight is 357 g/mol. The van der Waals surface area contributed by atoms with Gasteiger partial charge in [0, 0.05) is 23.2 Å². The van der Waals surface area contributed by atoms with Gasteiger partial charge in [0.15, 0.2) is 11.0 Å². The molecule has 0 bridgehead atoms. The van der Waals surface area contributed by atoms with E-state index in [-0.39, 0.29) is 0 Å². The summed E-state index contributed by atoms with van der Waals surface area (Å²) in [4.78, 5) is 4.62. The third kappa shape index (κ3) is 3.76. The van der Waals surface area contributed by atoms with Crippen LogP contribution in [0.3, 0.4) is 0 Å². The first-order chi connectivity index (χ1) is 11.7. The molecule has 0 N–H and O–H groups in total. The second kappa shape index (κ2) is 7.77. The summed E-state index contributed by atoms with van der Waals surface area (Å²) in [5.74, 6) is 1.69. The summed E-state index contributed by atoms with van der Waals surface area (Å²) in [5.41, 5.74) is 3.40. The normalized spacial score (nSPS) is 10.9. The maximum Gasteiger partial charge on any atom is 0.192 e. The third-order valence-corrected chi connectivity index (χ3v) is 5.60. The van der Waals surface area contributed by atoms with Crippen molar-refractivity contribution in [3.8, 4) is 11.4 Å². The van der Waals surface area contributed by atoms with Crippen molar-refractivity contribution in [1.29, 1.82) is 0 Å². The van der Waals surface area contributed by atoms with Gasteiger partial charge in [0.25, 0.3) is 0 Å². The van der Waals surface area contributed by atoms with E-state index in [4.69, 9.17) is 0 Å². The monoisotopic (exact) mass is 356 g/mol. The summed E-state index contributed by atoms with van der Waals surface area (Å²) >= 11 is 3.39. The first kappa shape index (κ1) is 16.9. The molecule has 2 aromatic heterocycles. The van der Waals surface area contributed by atoms with Gasteiger partial charge in [-0.3, -0.25) is 4.57 Å². The van der Waals surface area contributed by atoms with Crippen LogP contribution in [0.15, 0.2) is 47.5 Å². The minimum absolute atomic E-state index is 0.690. The van der Waals surface area contributed by atoms with Crippen molar-refractivity contribution in [2.45, 2.75) is 37.7 Å². The summed E-state index contributed by atoms with van der Waals surface area (Å²) in [5, 5.41) is 13.0. The Bertz CT molecular complexity index is 835. The molecule has 3 aromatic rings. The molecule has 0 unspecified atom stereocenters.